The Morgan fingerprint density at radius 1 is 1.18 bits per heavy atom. The Bertz CT molecular complexity index is 274. The molecule has 0 spiro atoms. The lowest BCUT2D eigenvalue weighted by molar-refractivity contribution is -0.139. The summed E-state index contributed by atoms with van der Waals surface area (Å²) in [6, 6.07) is 0.0657. The van der Waals surface area contributed by atoms with Crippen LogP contribution in [-0.2, 0) is 4.79 Å². The Labute approximate surface area is 104 Å². The van der Waals surface area contributed by atoms with Gasteiger partial charge in [0.15, 0.2) is 0 Å². The minimum absolute atomic E-state index is 0.0657. The lowest BCUT2D eigenvalue weighted by Gasteiger charge is -2.39. The van der Waals surface area contributed by atoms with Crippen LogP contribution in [0, 0.1) is 11.8 Å². The van der Waals surface area contributed by atoms with E-state index in [1.807, 2.05) is 4.90 Å². The number of carbonyl (C=O) groups excluding carboxylic acids is 1. The zero-order valence-electron chi connectivity index (χ0n) is 11.1. The second kappa shape index (κ2) is 5.36. The van der Waals surface area contributed by atoms with Gasteiger partial charge in [0.05, 0.1) is 5.92 Å². The zero-order valence-corrected chi connectivity index (χ0v) is 11.1. The second-order valence-corrected chi connectivity index (χ2v) is 5.72. The first kappa shape index (κ1) is 12.8. The highest BCUT2D eigenvalue weighted by Crippen LogP contribution is 2.29. The topological polar surface area (TPSA) is 49.6 Å². The number of amides is 1. The van der Waals surface area contributed by atoms with Crippen molar-refractivity contribution in [1.82, 2.24) is 9.80 Å². The molecule has 3 unspecified atom stereocenters. The average Bonchev–Trinajstić information content (AvgIpc) is 2.33. The quantitative estimate of drug-likeness (QED) is 0.726. The fourth-order valence-electron chi connectivity index (χ4n) is 2.99. The molecule has 3 atom stereocenters. The molecular formula is C13H25N3O. The van der Waals surface area contributed by atoms with E-state index in [-0.39, 0.29) is 12.0 Å². The van der Waals surface area contributed by atoms with Gasteiger partial charge >= 0.3 is 0 Å². The van der Waals surface area contributed by atoms with Crippen molar-refractivity contribution in [2.24, 2.45) is 17.6 Å². The van der Waals surface area contributed by atoms with Crippen LogP contribution in [-0.4, -0.2) is 55.0 Å². The largest absolute Gasteiger partial charge is 0.340 e. The van der Waals surface area contributed by atoms with Crippen LogP contribution in [0.4, 0.5) is 0 Å². The van der Waals surface area contributed by atoms with Crippen molar-refractivity contribution in [3.63, 3.8) is 0 Å². The lowest BCUT2D eigenvalue weighted by Crippen LogP contribution is -2.53. The number of likely N-dealkylation sites (N-methyl/N-ethyl adjacent to an activating group) is 1. The third-order valence-electron chi connectivity index (χ3n) is 4.43. The molecular weight excluding hydrogens is 214 g/mol. The van der Waals surface area contributed by atoms with Gasteiger partial charge in [-0.2, -0.15) is 0 Å². The Kier molecular flexibility index (Phi) is 4.05. The van der Waals surface area contributed by atoms with Gasteiger partial charge in [0.25, 0.3) is 0 Å². The standard InChI is InChI=1S/C13H25N3O/c1-10-4-3-5-11(12(10)14)13(17)16-8-6-15(2)7-9-16/h10-12H,3-9,14H2,1-2H3. The van der Waals surface area contributed by atoms with Crippen LogP contribution in [0.3, 0.4) is 0 Å². The van der Waals surface area contributed by atoms with E-state index in [1.54, 1.807) is 0 Å². The van der Waals surface area contributed by atoms with Gasteiger partial charge in [0.1, 0.15) is 0 Å². The van der Waals surface area contributed by atoms with E-state index in [0.29, 0.717) is 11.8 Å². The van der Waals surface area contributed by atoms with Crippen LogP contribution in [0.2, 0.25) is 0 Å². The monoisotopic (exact) mass is 239 g/mol. The fourth-order valence-corrected chi connectivity index (χ4v) is 2.99. The summed E-state index contributed by atoms with van der Waals surface area (Å²) in [5, 5.41) is 0. The molecule has 1 aliphatic carbocycles. The first-order valence-electron chi connectivity index (χ1n) is 6.82. The summed E-state index contributed by atoms with van der Waals surface area (Å²) < 4.78 is 0. The van der Waals surface area contributed by atoms with Crippen LogP contribution in [0.15, 0.2) is 0 Å². The van der Waals surface area contributed by atoms with Gasteiger partial charge in [-0.25, -0.2) is 0 Å². The molecule has 0 aromatic heterocycles. The second-order valence-electron chi connectivity index (χ2n) is 5.72. The number of hydrogen-bond donors (Lipinski definition) is 1. The Morgan fingerprint density at radius 3 is 2.47 bits per heavy atom. The van der Waals surface area contributed by atoms with E-state index in [2.05, 4.69) is 18.9 Å². The SMILES string of the molecule is CC1CCCC(C(=O)N2CCN(C)CC2)C1N. The van der Waals surface area contributed by atoms with Crippen molar-refractivity contribution in [2.45, 2.75) is 32.2 Å². The van der Waals surface area contributed by atoms with E-state index >= 15 is 0 Å². The summed E-state index contributed by atoms with van der Waals surface area (Å²) in [5.41, 5.74) is 6.20. The normalized spacial score (nSPS) is 35.9. The van der Waals surface area contributed by atoms with Gasteiger partial charge in [-0.15, -0.1) is 0 Å². The van der Waals surface area contributed by atoms with Crippen molar-refractivity contribution < 1.29 is 4.79 Å². The lowest BCUT2D eigenvalue weighted by atomic mass is 9.77. The van der Waals surface area contributed by atoms with Crippen LogP contribution in [0.1, 0.15) is 26.2 Å². The fraction of sp³-hybridized carbons (Fsp3) is 0.923. The first-order chi connectivity index (χ1) is 8.09. The third kappa shape index (κ3) is 2.80. The molecule has 1 amide bonds. The van der Waals surface area contributed by atoms with Crippen molar-refractivity contribution in [3.05, 3.63) is 0 Å². The number of rotatable bonds is 1. The molecule has 98 valence electrons. The minimum atomic E-state index is 0.0657. The highest BCUT2D eigenvalue weighted by Gasteiger charge is 2.35. The Hall–Kier alpha value is -0.610. The molecule has 1 saturated carbocycles. The number of piperazine rings is 1. The van der Waals surface area contributed by atoms with Crippen LogP contribution >= 0.6 is 0 Å². The van der Waals surface area contributed by atoms with Crippen molar-refractivity contribution in [3.8, 4) is 0 Å². The average molecular weight is 239 g/mol. The predicted octanol–water partition coefficient (Wildman–Crippen LogP) is 0.524. The molecule has 2 fully saturated rings. The van der Waals surface area contributed by atoms with Gasteiger partial charge in [-0.1, -0.05) is 13.3 Å². The summed E-state index contributed by atoms with van der Waals surface area (Å²) in [5.74, 6) is 0.865. The molecule has 2 aliphatic rings. The number of carbonyl (C=O) groups is 1. The molecule has 4 nitrogen and oxygen atoms in total. The highest BCUT2D eigenvalue weighted by molar-refractivity contribution is 5.79. The number of hydrogen-bond acceptors (Lipinski definition) is 3. The maximum absolute atomic E-state index is 12.4. The van der Waals surface area contributed by atoms with Crippen LogP contribution < -0.4 is 5.73 Å². The molecule has 17 heavy (non-hydrogen) atoms. The summed E-state index contributed by atoms with van der Waals surface area (Å²) in [6.07, 6.45) is 3.31. The van der Waals surface area contributed by atoms with Crippen molar-refractivity contribution in [2.75, 3.05) is 33.2 Å². The molecule has 1 heterocycles. The molecule has 2 N–H and O–H groups in total. The number of nitrogens with zero attached hydrogens (tertiary/aromatic N) is 2. The van der Waals surface area contributed by atoms with E-state index in [4.69, 9.17) is 5.73 Å². The third-order valence-corrected chi connectivity index (χ3v) is 4.43. The molecule has 0 bridgehead atoms. The summed E-state index contributed by atoms with van der Waals surface area (Å²) in [4.78, 5) is 16.7. The molecule has 2 rings (SSSR count). The zero-order chi connectivity index (χ0) is 12.4. The molecule has 4 heteroatoms. The first-order valence-corrected chi connectivity index (χ1v) is 6.82. The minimum Gasteiger partial charge on any atom is -0.340 e. The van der Waals surface area contributed by atoms with E-state index in [9.17, 15) is 4.79 Å². The van der Waals surface area contributed by atoms with Crippen LogP contribution in [0.25, 0.3) is 0 Å². The summed E-state index contributed by atoms with van der Waals surface area (Å²) in [6.45, 7) is 5.89. The smallest absolute Gasteiger partial charge is 0.227 e. The molecule has 1 saturated heterocycles. The molecule has 0 aromatic carbocycles. The molecule has 0 aromatic rings. The maximum Gasteiger partial charge on any atom is 0.227 e. The van der Waals surface area contributed by atoms with Gasteiger partial charge in [0, 0.05) is 32.2 Å². The molecule has 0 radical (unpaired) electrons. The Morgan fingerprint density at radius 2 is 1.82 bits per heavy atom. The predicted molar refractivity (Wildman–Crippen MR) is 68.6 cm³/mol. The van der Waals surface area contributed by atoms with Gasteiger partial charge in [0.2, 0.25) is 5.91 Å². The maximum atomic E-state index is 12.4. The van der Waals surface area contributed by atoms with E-state index in [0.717, 1.165) is 39.0 Å². The summed E-state index contributed by atoms with van der Waals surface area (Å²) >= 11 is 0. The Balaban J connectivity index is 1.94. The highest BCUT2D eigenvalue weighted by atomic mass is 16.2. The molecule has 1 aliphatic heterocycles. The van der Waals surface area contributed by atoms with Crippen molar-refractivity contribution in [1.29, 1.82) is 0 Å². The number of nitrogens with two attached hydrogens (primary N) is 1. The summed E-state index contributed by atoms with van der Waals surface area (Å²) in [7, 11) is 2.11. The van der Waals surface area contributed by atoms with Gasteiger partial charge in [-0.05, 0) is 25.8 Å². The van der Waals surface area contributed by atoms with E-state index in [1.165, 1.54) is 6.42 Å². The van der Waals surface area contributed by atoms with Gasteiger partial charge in [-0.3, -0.25) is 4.79 Å². The van der Waals surface area contributed by atoms with Gasteiger partial charge < -0.3 is 15.5 Å². The van der Waals surface area contributed by atoms with Crippen molar-refractivity contribution >= 4 is 5.91 Å². The van der Waals surface area contributed by atoms with E-state index < -0.39 is 0 Å². The van der Waals surface area contributed by atoms with Crippen LogP contribution in [0.5, 0.6) is 0 Å².